The number of ether oxygens (including phenoxy) is 1. The normalized spacial score (nSPS) is 13.8. The van der Waals surface area contributed by atoms with Crippen molar-refractivity contribution in [3.63, 3.8) is 0 Å². The van der Waals surface area contributed by atoms with Crippen LogP contribution in [-0.2, 0) is 0 Å². The van der Waals surface area contributed by atoms with Gasteiger partial charge in [0.05, 0.1) is 0 Å². The summed E-state index contributed by atoms with van der Waals surface area (Å²) in [5, 5.41) is 3.47. The second kappa shape index (κ2) is 8.35. The van der Waals surface area contributed by atoms with E-state index in [2.05, 4.69) is 26.1 Å². The molecule has 0 saturated heterocycles. The van der Waals surface area contributed by atoms with E-state index in [1.807, 2.05) is 30.3 Å². The van der Waals surface area contributed by atoms with Gasteiger partial charge in [0.15, 0.2) is 0 Å². The van der Waals surface area contributed by atoms with E-state index in [4.69, 9.17) is 10.5 Å². The molecule has 0 saturated carbocycles. The Labute approximate surface area is 117 Å². The first-order valence-electron chi connectivity index (χ1n) is 6.21. The molecule has 1 unspecified atom stereocenters. The highest BCUT2D eigenvalue weighted by Gasteiger charge is 2.25. The van der Waals surface area contributed by atoms with Crippen LogP contribution in [-0.4, -0.2) is 25.2 Å². The van der Waals surface area contributed by atoms with E-state index in [1.165, 1.54) is 0 Å². The summed E-state index contributed by atoms with van der Waals surface area (Å²) in [5.41, 5.74) is 5.78. The van der Waals surface area contributed by atoms with Gasteiger partial charge in [0, 0.05) is 18.6 Å². The van der Waals surface area contributed by atoms with Gasteiger partial charge in [-0.15, -0.1) is 12.4 Å². The zero-order valence-corrected chi connectivity index (χ0v) is 12.3. The zero-order chi connectivity index (χ0) is 12.7. The molecule has 1 rings (SSSR count). The number of halogens is 1. The maximum absolute atomic E-state index is 5.80. The molecule has 0 bridgehead atoms. The summed E-state index contributed by atoms with van der Waals surface area (Å²) in [7, 11) is 0. The predicted octanol–water partition coefficient (Wildman–Crippen LogP) is 2.45. The molecule has 1 atom stereocenters. The minimum Gasteiger partial charge on any atom is -0.492 e. The molecule has 0 radical (unpaired) electrons. The summed E-state index contributed by atoms with van der Waals surface area (Å²) in [6, 6.07) is 9.85. The van der Waals surface area contributed by atoms with Crippen LogP contribution in [0.4, 0.5) is 0 Å². The Morgan fingerprint density at radius 2 is 1.89 bits per heavy atom. The topological polar surface area (TPSA) is 47.3 Å². The van der Waals surface area contributed by atoms with Crippen LogP contribution in [0, 0.1) is 5.92 Å². The van der Waals surface area contributed by atoms with Crippen molar-refractivity contribution in [3.05, 3.63) is 30.3 Å². The average Bonchev–Trinajstić information content (AvgIpc) is 2.35. The SMILES string of the molecule is CC(C)C(C)(CN)NCCOc1ccccc1.Cl. The lowest BCUT2D eigenvalue weighted by molar-refractivity contribution is 0.236. The van der Waals surface area contributed by atoms with Gasteiger partial charge < -0.3 is 15.8 Å². The highest BCUT2D eigenvalue weighted by Crippen LogP contribution is 2.14. The maximum Gasteiger partial charge on any atom is 0.119 e. The van der Waals surface area contributed by atoms with E-state index < -0.39 is 0 Å². The van der Waals surface area contributed by atoms with Crippen molar-refractivity contribution in [2.24, 2.45) is 11.7 Å². The second-order valence-corrected chi connectivity index (χ2v) is 4.86. The van der Waals surface area contributed by atoms with Gasteiger partial charge in [-0.25, -0.2) is 0 Å². The number of nitrogens with one attached hydrogen (secondary N) is 1. The van der Waals surface area contributed by atoms with Gasteiger partial charge in [-0.3, -0.25) is 0 Å². The predicted molar refractivity (Wildman–Crippen MR) is 79.5 cm³/mol. The quantitative estimate of drug-likeness (QED) is 0.750. The lowest BCUT2D eigenvalue weighted by atomic mass is 9.88. The van der Waals surface area contributed by atoms with Crippen LogP contribution in [0.15, 0.2) is 30.3 Å². The molecule has 18 heavy (non-hydrogen) atoms. The summed E-state index contributed by atoms with van der Waals surface area (Å²) >= 11 is 0. The fraction of sp³-hybridized carbons (Fsp3) is 0.571. The highest BCUT2D eigenvalue weighted by molar-refractivity contribution is 5.85. The standard InChI is InChI=1S/C14H24N2O.ClH/c1-12(2)14(3,11-15)16-9-10-17-13-7-5-4-6-8-13;/h4-8,12,16H,9-11,15H2,1-3H3;1H. The first-order chi connectivity index (χ1) is 8.08. The Kier molecular flexibility index (Phi) is 8.00. The zero-order valence-electron chi connectivity index (χ0n) is 11.5. The summed E-state index contributed by atoms with van der Waals surface area (Å²) in [6.07, 6.45) is 0. The first kappa shape index (κ1) is 17.2. The fourth-order valence-corrected chi connectivity index (χ4v) is 1.53. The third-order valence-corrected chi connectivity index (χ3v) is 3.34. The monoisotopic (exact) mass is 272 g/mol. The molecule has 0 spiro atoms. The van der Waals surface area contributed by atoms with E-state index in [0.717, 1.165) is 12.3 Å². The Balaban J connectivity index is 0.00000289. The van der Waals surface area contributed by atoms with Crippen LogP contribution in [0.3, 0.4) is 0 Å². The molecule has 1 aromatic carbocycles. The van der Waals surface area contributed by atoms with Gasteiger partial charge in [-0.2, -0.15) is 0 Å². The molecule has 3 nitrogen and oxygen atoms in total. The number of benzene rings is 1. The van der Waals surface area contributed by atoms with Crippen LogP contribution in [0.2, 0.25) is 0 Å². The minimum absolute atomic E-state index is 0. The largest absolute Gasteiger partial charge is 0.492 e. The molecule has 1 aromatic rings. The smallest absolute Gasteiger partial charge is 0.119 e. The van der Waals surface area contributed by atoms with Gasteiger partial charge in [0.1, 0.15) is 12.4 Å². The van der Waals surface area contributed by atoms with Crippen molar-refractivity contribution in [1.82, 2.24) is 5.32 Å². The molecule has 0 heterocycles. The highest BCUT2D eigenvalue weighted by atomic mass is 35.5. The molecular formula is C14H25ClN2O. The number of nitrogens with two attached hydrogens (primary N) is 1. The number of hydrogen-bond donors (Lipinski definition) is 2. The van der Waals surface area contributed by atoms with Crippen molar-refractivity contribution in [1.29, 1.82) is 0 Å². The molecule has 0 aromatic heterocycles. The molecule has 104 valence electrons. The number of para-hydroxylation sites is 1. The van der Waals surface area contributed by atoms with Crippen LogP contribution >= 0.6 is 12.4 Å². The van der Waals surface area contributed by atoms with Gasteiger partial charge in [0.2, 0.25) is 0 Å². The van der Waals surface area contributed by atoms with E-state index in [1.54, 1.807) is 0 Å². The molecule has 0 amide bonds. The van der Waals surface area contributed by atoms with Crippen LogP contribution in [0.5, 0.6) is 5.75 Å². The molecule has 0 aliphatic carbocycles. The molecule has 3 N–H and O–H groups in total. The molecule has 4 heteroatoms. The van der Waals surface area contributed by atoms with Crippen molar-refractivity contribution in [2.45, 2.75) is 26.3 Å². The van der Waals surface area contributed by atoms with Crippen LogP contribution < -0.4 is 15.8 Å². The molecule has 0 aliphatic heterocycles. The lowest BCUT2D eigenvalue weighted by Crippen LogP contribution is -2.53. The van der Waals surface area contributed by atoms with Crippen molar-refractivity contribution in [3.8, 4) is 5.75 Å². The fourth-order valence-electron chi connectivity index (χ4n) is 1.53. The van der Waals surface area contributed by atoms with Crippen molar-refractivity contribution in [2.75, 3.05) is 19.7 Å². The number of rotatable bonds is 7. The molecule has 0 fully saturated rings. The Morgan fingerprint density at radius 3 is 2.39 bits per heavy atom. The summed E-state index contributed by atoms with van der Waals surface area (Å²) in [6.45, 7) is 8.61. The van der Waals surface area contributed by atoms with Gasteiger partial charge in [-0.05, 0) is 25.0 Å². The van der Waals surface area contributed by atoms with Gasteiger partial charge >= 0.3 is 0 Å². The van der Waals surface area contributed by atoms with E-state index in [0.29, 0.717) is 19.1 Å². The third-order valence-electron chi connectivity index (χ3n) is 3.34. The average molecular weight is 273 g/mol. The van der Waals surface area contributed by atoms with Crippen molar-refractivity contribution >= 4 is 12.4 Å². The summed E-state index contributed by atoms with van der Waals surface area (Å²) in [5.74, 6) is 1.41. The van der Waals surface area contributed by atoms with Crippen LogP contribution in [0.1, 0.15) is 20.8 Å². The number of hydrogen-bond acceptors (Lipinski definition) is 3. The molecule has 0 aliphatic rings. The van der Waals surface area contributed by atoms with E-state index >= 15 is 0 Å². The summed E-state index contributed by atoms with van der Waals surface area (Å²) in [4.78, 5) is 0. The Morgan fingerprint density at radius 1 is 1.28 bits per heavy atom. The van der Waals surface area contributed by atoms with Gasteiger partial charge in [-0.1, -0.05) is 32.0 Å². The Bertz CT molecular complexity index is 319. The van der Waals surface area contributed by atoms with Crippen molar-refractivity contribution < 1.29 is 4.74 Å². The second-order valence-electron chi connectivity index (χ2n) is 4.86. The van der Waals surface area contributed by atoms with Gasteiger partial charge in [0.25, 0.3) is 0 Å². The summed E-state index contributed by atoms with van der Waals surface area (Å²) < 4.78 is 5.62. The van der Waals surface area contributed by atoms with E-state index in [9.17, 15) is 0 Å². The van der Waals surface area contributed by atoms with Crippen LogP contribution in [0.25, 0.3) is 0 Å². The van der Waals surface area contributed by atoms with E-state index in [-0.39, 0.29) is 17.9 Å². The minimum atomic E-state index is -0.0138. The third kappa shape index (κ3) is 5.25. The molecular weight excluding hydrogens is 248 g/mol. The maximum atomic E-state index is 5.80. The first-order valence-corrected chi connectivity index (χ1v) is 6.21. The lowest BCUT2D eigenvalue weighted by Gasteiger charge is -2.33. The Hall–Kier alpha value is -0.770.